The molecule has 2 rings (SSSR count). The maximum absolute atomic E-state index is 13.8. The van der Waals surface area contributed by atoms with Crippen LogP contribution in [0.5, 0.6) is 0 Å². The Morgan fingerprint density at radius 1 is 1.10 bits per heavy atom. The molecule has 6 N–H and O–H groups in total. The number of carbonyl (C=O) groups is 5. The number of nitrogens with zero attached hydrogens (tertiary/aromatic N) is 4. The third kappa shape index (κ3) is 13.6. The highest BCUT2D eigenvalue weighted by molar-refractivity contribution is 5.92. The third-order valence-corrected chi connectivity index (χ3v) is 8.95. The summed E-state index contributed by atoms with van der Waals surface area (Å²) in [5.41, 5.74) is 6.16. The van der Waals surface area contributed by atoms with Gasteiger partial charge in [0.25, 0.3) is 5.91 Å². The van der Waals surface area contributed by atoms with Crippen LogP contribution in [0.4, 0.5) is 5.95 Å². The zero-order valence-electron chi connectivity index (χ0n) is 32.2. The number of rotatable bonds is 19. The van der Waals surface area contributed by atoms with Gasteiger partial charge in [0.2, 0.25) is 23.7 Å². The number of likely N-dealkylation sites (N-methyl/N-ethyl adjacent to an activating group) is 1. The molecular weight excluding hydrogens is 660 g/mol. The van der Waals surface area contributed by atoms with Crippen LogP contribution in [0.1, 0.15) is 89.8 Å². The van der Waals surface area contributed by atoms with Gasteiger partial charge in [-0.1, -0.05) is 47.5 Å². The molecule has 51 heavy (non-hydrogen) atoms. The maximum atomic E-state index is 13.8. The highest BCUT2D eigenvalue weighted by atomic mass is 16.5. The second-order valence-electron chi connectivity index (χ2n) is 13.0. The number of amides is 4. The van der Waals surface area contributed by atoms with Crippen LogP contribution in [-0.4, -0.2) is 132 Å². The van der Waals surface area contributed by atoms with Gasteiger partial charge < -0.3 is 46.1 Å². The number of ether oxygens (including phenoxy) is 2. The second-order valence-corrected chi connectivity index (χ2v) is 13.0. The van der Waals surface area contributed by atoms with Crippen molar-refractivity contribution in [1.29, 1.82) is 0 Å². The van der Waals surface area contributed by atoms with E-state index in [1.54, 1.807) is 36.8 Å². The zero-order chi connectivity index (χ0) is 38.8. The van der Waals surface area contributed by atoms with Crippen LogP contribution in [0.3, 0.4) is 0 Å². The highest BCUT2D eigenvalue weighted by Gasteiger charge is 2.42. The van der Waals surface area contributed by atoms with Crippen LogP contribution in [0.15, 0.2) is 6.07 Å². The van der Waals surface area contributed by atoms with E-state index in [4.69, 9.17) is 15.2 Å². The lowest BCUT2D eigenvalue weighted by atomic mass is 9.90. The molecule has 1 fully saturated rings. The Morgan fingerprint density at radius 3 is 2.29 bits per heavy atom. The Hall–Kier alpha value is -3.89. The van der Waals surface area contributed by atoms with E-state index in [1.807, 2.05) is 13.8 Å². The van der Waals surface area contributed by atoms with Gasteiger partial charge in [-0.15, -0.1) is 0 Å². The van der Waals surface area contributed by atoms with Crippen molar-refractivity contribution in [3.8, 4) is 0 Å². The third-order valence-electron chi connectivity index (χ3n) is 8.95. The predicted molar refractivity (Wildman–Crippen MR) is 194 cm³/mol. The molecule has 4 amide bonds. The molecule has 1 saturated heterocycles. The number of anilines is 1. The molecule has 1 aliphatic heterocycles. The molecule has 0 saturated carbocycles. The quantitative estimate of drug-likeness (QED) is 0.138. The number of carboxylic acids is 1. The molecule has 6 unspecified atom stereocenters. The van der Waals surface area contributed by atoms with Gasteiger partial charge in [-0.3, -0.25) is 24.0 Å². The molecule has 0 aliphatic carbocycles. The standard InChI is InChI=1S/C32H54N8O8.C3H8/c1-9-18(2)27(39(6)26(42)17-35-32-36-19(3)15-22(38-32)30(44)34-13-12-33)24(47-7)16-25(41)40-14-10-11-23(40)28(48-8)20(4)29(43)37-21(5)31(45)46;1-3-2/h15,18,20-21,23-24,27-28H,9-14,16-17,33H2,1-8H3,(H,34,44)(H,37,43)(H,45,46)(H,35,36,38);3H2,1-2H3/t18?,20?,21-,23?,24?,27?,28?;/m0./s1. The first kappa shape index (κ1) is 45.1. The van der Waals surface area contributed by atoms with E-state index in [2.05, 4.69) is 39.8 Å². The predicted octanol–water partition coefficient (Wildman–Crippen LogP) is 1.81. The van der Waals surface area contributed by atoms with E-state index in [0.717, 1.165) is 0 Å². The number of nitrogens with two attached hydrogens (primary N) is 1. The lowest BCUT2D eigenvalue weighted by Crippen LogP contribution is -2.54. The number of hydrogen-bond acceptors (Lipinski definition) is 11. The van der Waals surface area contributed by atoms with Crippen LogP contribution in [0, 0.1) is 18.8 Å². The van der Waals surface area contributed by atoms with Gasteiger partial charge in [0.05, 0.1) is 43.2 Å². The molecule has 7 atom stereocenters. The molecule has 1 aromatic heterocycles. The smallest absolute Gasteiger partial charge is 0.325 e. The summed E-state index contributed by atoms with van der Waals surface area (Å²) in [6, 6.07) is -0.388. The normalized spacial score (nSPS) is 17.5. The number of methoxy groups -OCH3 is 2. The van der Waals surface area contributed by atoms with E-state index in [0.29, 0.717) is 38.0 Å². The Bertz CT molecular complexity index is 1280. The number of aryl methyl sites for hydroxylation is 1. The fourth-order valence-corrected chi connectivity index (χ4v) is 6.05. The Kier molecular flexibility index (Phi) is 20.2. The molecular formula is C35H62N8O8. The summed E-state index contributed by atoms with van der Waals surface area (Å²) in [6.07, 6.45) is 1.98. The molecule has 0 bridgehead atoms. The SMILES string of the molecule is CCC.CCC(C)C(C(CC(=O)N1CCCC1C(OC)C(C)C(=O)N[C@@H](C)C(=O)O)OC)N(C)C(=O)CNc1nc(C)cc(C(=O)NCCN)n1. The van der Waals surface area contributed by atoms with Gasteiger partial charge in [0.1, 0.15) is 11.7 Å². The van der Waals surface area contributed by atoms with Crippen LogP contribution >= 0.6 is 0 Å². The van der Waals surface area contributed by atoms with Crippen molar-refractivity contribution >= 4 is 35.5 Å². The number of nitrogens with one attached hydrogen (secondary N) is 3. The van der Waals surface area contributed by atoms with Crippen molar-refractivity contribution in [3.05, 3.63) is 17.5 Å². The number of carbonyl (C=O) groups excluding carboxylic acids is 4. The van der Waals surface area contributed by atoms with Gasteiger partial charge >= 0.3 is 5.97 Å². The monoisotopic (exact) mass is 722 g/mol. The lowest BCUT2D eigenvalue weighted by molar-refractivity contribution is -0.146. The Balaban J connectivity index is 0.00000418. The van der Waals surface area contributed by atoms with E-state index < -0.39 is 54.0 Å². The number of aromatic nitrogens is 2. The van der Waals surface area contributed by atoms with E-state index in [9.17, 15) is 29.1 Å². The summed E-state index contributed by atoms with van der Waals surface area (Å²) in [4.78, 5) is 75.7. The minimum absolute atomic E-state index is 0.0115. The lowest BCUT2D eigenvalue weighted by Gasteiger charge is -2.39. The number of carboxylic acid groups (broad SMARTS) is 1. The van der Waals surface area contributed by atoms with Gasteiger partial charge in [0, 0.05) is 46.6 Å². The largest absolute Gasteiger partial charge is 0.480 e. The first-order valence-electron chi connectivity index (χ1n) is 17.8. The van der Waals surface area contributed by atoms with E-state index in [-0.39, 0.29) is 48.9 Å². The van der Waals surface area contributed by atoms with Crippen LogP contribution in [0.25, 0.3) is 0 Å². The zero-order valence-corrected chi connectivity index (χ0v) is 32.2. The molecule has 2 heterocycles. The summed E-state index contributed by atoms with van der Waals surface area (Å²) in [6.45, 7) is 13.9. The Labute approximate surface area is 303 Å². The van der Waals surface area contributed by atoms with E-state index >= 15 is 0 Å². The summed E-state index contributed by atoms with van der Waals surface area (Å²) in [7, 11) is 4.65. The number of hydrogen-bond donors (Lipinski definition) is 5. The topological polar surface area (TPSA) is 218 Å². The molecule has 1 aliphatic rings. The molecule has 0 radical (unpaired) electrons. The number of likely N-dealkylation sites (tertiary alicyclic amines) is 1. The molecule has 290 valence electrons. The van der Waals surface area contributed by atoms with Crippen LogP contribution < -0.4 is 21.7 Å². The molecule has 1 aromatic rings. The summed E-state index contributed by atoms with van der Waals surface area (Å²) in [5.74, 6) is -3.13. The molecule has 0 aromatic carbocycles. The van der Waals surface area contributed by atoms with Crippen LogP contribution in [0.2, 0.25) is 0 Å². The molecule has 0 spiro atoms. The van der Waals surface area contributed by atoms with Crippen molar-refractivity contribution in [2.75, 3.05) is 52.8 Å². The van der Waals surface area contributed by atoms with E-state index in [1.165, 1.54) is 27.6 Å². The maximum Gasteiger partial charge on any atom is 0.325 e. The summed E-state index contributed by atoms with van der Waals surface area (Å²) in [5, 5.41) is 17.3. The van der Waals surface area contributed by atoms with Gasteiger partial charge in [-0.2, -0.15) is 0 Å². The van der Waals surface area contributed by atoms with Crippen molar-refractivity contribution in [2.45, 2.75) is 111 Å². The first-order valence-corrected chi connectivity index (χ1v) is 17.8. The van der Waals surface area contributed by atoms with Gasteiger partial charge in [-0.25, -0.2) is 9.97 Å². The van der Waals surface area contributed by atoms with Crippen molar-refractivity contribution in [3.63, 3.8) is 0 Å². The molecule has 16 heteroatoms. The summed E-state index contributed by atoms with van der Waals surface area (Å²) >= 11 is 0. The highest BCUT2D eigenvalue weighted by Crippen LogP contribution is 2.29. The van der Waals surface area contributed by atoms with Crippen molar-refractivity contribution in [2.24, 2.45) is 17.6 Å². The number of aliphatic carboxylic acids is 1. The van der Waals surface area contributed by atoms with Gasteiger partial charge in [-0.05, 0) is 38.7 Å². The minimum atomic E-state index is -1.15. The fourth-order valence-electron chi connectivity index (χ4n) is 6.05. The minimum Gasteiger partial charge on any atom is -0.480 e. The average Bonchev–Trinajstić information content (AvgIpc) is 3.58. The average molecular weight is 723 g/mol. The Morgan fingerprint density at radius 2 is 1.75 bits per heavy atom. The summed E-state index contributed by atoms with van der Waals surface area (Å²) < 4.78 is 11.6. The van der Waals surface area contributed by atoms with Gasteiger partial charge in [0.15, 0.2) is 0 Å². The van der Waals surface area contributed by atoms with Crippen molar-refractivity contribution in [1.82, 2.24) is 30.4 Å². The first-order chi connectivity index (χ1) is 24.1. The van der Waals surface area contributed by atoms with Crippen LogP contribution in [-0.2, 0) is 28.7 Å². The van der Waals surface area contributed by atoms with Crippen molar-refractivity contribution < 1.29 is 38.6 Å². The second kappa shape index (κ2) is 22.8. The fraction of sp³-hybridized carbons (Fsp3) is 0.743. The molecule has 16 nitrogen and oxygen atoms in total.